The Kier molecular flexibility index (Phi) is 4.36. The molecule has 2 heterocycles. The molecule has 2 amide bonds. The molecule has 152 valence electrons. The largest absolute Gasteiger partial charge is 0.465 e. The van der Waals surface area contributed by atoms with Crippen LogP contribution in [0.25, 0.3) is 11.3 Å². The van der Waals surface area contributed by atoms with E-state index < -0.39 is 5.97 Å². The summed E-state index contributed by atoms with van der Waals surface area (Å²) < 4.78 is 10.5. The van der Waals surface area contributed by atoms with Crippen LogP contribution in [0.15, 0.2) is 52.0 Å². The molecule has 3 aliphatic rings. The van der Waals surface area contributed by atoms with Crippen LogP contribution in [0, 0.1) is 23.7 Å². The van der Waals surface area contributed by atoms with Gasteiger partial charge in [-0.2, -0.15) is 10.1 Å². The molecule has 0 unspecified atom stereocenters. The third kappa shape index (κ3) is 2.81. The number of nitrogens with zero attached hydrogens (tertiary/aromatic N) is 2. The van der Waals surface area contributed by atoms with E-state index in [4.69, 9.17) is 20.8 Å². The van der Waals surface area contributed by atoms with Gasteiger partial charge in [-0.25, -0.2) is 4.79 Å². The van der Waals surface area contributed by atoms with Gasteiger partial charge in [-0.1, -0.05) is 23.8 Å². The van der Waals surface area contributed by atoms with Crippen LogP contribution in [0.1, 0.15) is 22.5 Å². The van der Waals surface area contributed by atoms with E-state index in [1.165, 1.54) is 13.3 Å². The normalized spacial score (nSPS) is 26.8. The van der Waals surface area contributed by atoms with E-state index in [9.17, 15) is 14.4 Å². The van der Waals surface area contributed by atoms with Crippen LogP contribution in [-0.2, 0) is 14.3 Å². The van der Waals surface area contributed by atoms with E-state index in [0.717, 1.165) is 11.4 Å². The monoisotopic (exact) mass is 424 g/mol. The first-order valence-corrected chi connectivity index (χ1v) is 9.94. The molecule has 1 saturated carbocycles. The molecule has 1 aliphatic heterocycles. The van der Waals surface area contributed by atoms with Crippen molar-refractivity contribution in [2.24, 2.45) is 28.8 Å². The van der Waals surface area contributed by atoms with Gasteiger partial charge in [0.05, 0.1) is 35.7 Å². The number of fused-ring (bicyclic) bond motifs is 5. The van der Waals surface area contributed by atoms with E-state index in [1.807, 2.05) is 12.2 Å². The van der Waals surface area contributed by atoms with Crippen molar-refractivity contribution in [1.29, 1.82) is 0 Å². The van der Waals surface area contributed by atoms with Gasteiger partial charge >= 0.3 is 5.97 Å². The molecule has 2 fully saturated rings. The van der Waals surface area contributed by atoms with Crippen LogP contribution in [0.5, 0.6) is 0 Å². The van der Waals surface area contributed by atoms with Crippen molar-refractivity contribution in [3.8, 4) is 11.3 Å². The number of carbonyl (C=O) groups excluding carboxylic acids is 3. The molecule has 1 aromatic heterocycles. The Hall–Kier alpha value is -3.19. The Balaban J connectivity index is 1.37. The van der Waals surface area contributed by atoms with Crippen molar-refractivity contribution in [2.75, 3.05) is 7.11 Å². The summed E-state index contributed by atoms with van der Waals surface area (Å²) in [5.74, 6) is -0.534. The SMILES string of the molecule is COC(=O)c1ccc(Cl)c(-c2ccc(C=NN3C(=O)[C@@H]4[C@H](C3=O)[C@H]3C=C[C@H]4C3)o2)c1. The average Bonchev–Trinajstić information content (AvgIpc) is 3.52. The minimum absolute atomic E-state index is 0.135. The van der Waals surface area contributed by atoms with Crippen LogP contribution in [-0.4, -0.2) is 36.1 Å². The number of hydrazone groups is 1. The fourth-order valence-corrected chi connectivity index (χ4v) is 4.85. The number of rotatable bonds is 4. The minimum atomic E-state index is -0.485. The van der Waals surface area contributed by atoms with Gasteiger partial charge in [-0.05, 0) is 48.6 Å². The molecule has 0 spiro atoms. The van der Waals surface area contributed by atoms with Crippen LogP contribution < -0.4 is 0 Å². The third-order valence-corrected chi connectivity index (χ3v) is 6.36. The molecule has 1 aromatic carbocycles. The lowest BCUT2D eigenvalue weighted by atomic mass is 9.85. The van der Waals surface area contributed by atoms with Crippen molar-refractivity contribution < 1.29 is 23.5 Å². The summed E-state index contributed by atoms with van der Waals surface area (Å²) in [6.07, 6.45) is 6.29. The first-order valence-electron chi connectivity index (χ1n) is 9.56. The van der Waals surface area contributed by atoms with Crippen LogP contribution >= 0.6 is 11.6 Å². The number of hydrogen-bond acceptors (Lipinski definition) is 6. The number of carbonyl (C=O) groups is 3. The van der Waals surface area contributed by atoms with Gasteiger partial charge < -0.3 is 9.15 Å². The predicted octanol–water partition coefficient (Wildman–Crippen LogP) is 3.53. The maximum atomic E-state index is 12.7. The molecular weight excluding hydrogens is 408 g/mol. The second kappa shape index (κ2) is 6.95. The van der Waals surface area contributed by atoms with E-state index in [2.05, 4.69) is 5.10 Å². The molecule has 8 heteroatoms. The molecule has 0 N–H and O–H groups in total. The molecule has 7 nitrogen and oxygen atoms in total. The maximum absolute atomic E-state index is 12.7. The van der Waals surface area contributed by atoms with E-state index in [0.29, 0.717) is 27.7 Å². The topological polar surface area (TPSA) is 89.2 Å². The molecule has 2 aromatic rings. The molecular formula is C22H17ClN2O5. The smallest absolute Gasteiger partial charge is 0.337 e. The minimum Gasteiger partial charge on any atom is -0.465 e. The van der Waals surface area contributed by atoms with Gasteiger partial charge in [0.15, 0.2) is 0 Å². The Labute approximate surface area is 176 Å². The zero-order chi connectivity index (χ0) is 21.0. The number of esters is 1. The summed E-state index contributed by atoms with van der Waals surface area (Å²) in [5, 5.41) is 5.47. The number of benzene rings is 1. The first-order chi connectivity index (χ1) is 14.5. The maximum Gasteiger partial charge on any atom is 0.337 e. The third-order valence-electron chi connectivity index (χ3n) is 6.03. The van der Waals surface area contributed by atoms with Crippen molar-refractivity contribution in [2.45, 2.75) is 6.42 Å². The predicted molar refractivity (Wildman–Crippen MR) is 108 cm³/mol. The average molecular weight is 425 g/mol. The molecule has 2 bridgehead atoms. The molecule has 2 aliphatic carbocycles. The molecule has 30 heavy (non-hydrogen) atoms. The van der Waals surface area contributed by atoms with Crippen LogP contribution in [0.3, 0.4) is 0 Å². The van der Waals surface area contributed by atoms with Gasteiger partial charge in [0.25, 0.3) is 11.8 Å². The Morgan fingerprint density at radius 2 is 1.87 bits per heavy atom. The number of imide groups is 1. The second-order valence-electron chi connectivity index (χ2n) is 7.62. The zero-order valence-electron chi connectivity index (χ0n) is 15.9. The summed E-state index contributed by atoms with van der Waals surface area (Å²) >= 11 is 6.25. The van der Waals surface area contributed by atoms with E-state index >= 15 is 0 Å². The number of furan rings is 1. The number of halogens is 1. The highest BCUT2D eigenvalue weighted by Crippen LogP contribution is 2.52. The lowest BCUT2D eigenvalue weighted by Crippen LogP contribution is -2.28. The standard InChI is InChI=1S/C22H17ClN2O5/c1-29-22(28)13-4-6-16(23)15(9-13)17-7-5-14(30-17)10-24-25-20(26)18-11-2-3-12(8-11)19(18)21(25)27/h2-7,9-12,18-19H,8H2,1H3/t11-,12-,18-,19+/m0/s1. The lowest BCUT2D eigenvalue weighted by Gasteiger charge is -2.13. The van der Waals surface area contributed by atoms with Gasteiger partial charge in [0.2, 0.25) is 0 Å². The number of hydrogen-bond donors (Lipinski definition) is 0. The number of amides is 2. The highest BCUT2D eigenvalue weighted by atomic mass is 35.5. The zero-order valence-corrected chi connectivity index (χ0v) is 16.7. The molecule has 4 atom stereocenters. The molecule has 0 radical (unpaired) electrons. The Morgan fingerprint density at radius 1 is 1.17 bits per heavy atom. The summed E-state index contributed by atoms with van der Waals surface area (Å²) in [5.41, 5.74) is 0.858. The Bertz CT molecular complexity index is 1100. The quantitative estimate of drug-likeness (QED) is 0.324. The highest BCUT2D eigenvalue weighted by Gasteiger charge is 2.59. The summed E-state index contributed by atoms with van der Waals surface area (Å²) in [6.45, 7) is 0. The van der Waals surface area contributed by atoms with Crippen molar-refractivity contribution in [3.63, 3.8) is 0 Å². The molecule has 1 saturated heterocycles. The molecule has 5 rings (SSSR count). The fraction of sp³-hybridized carbons (Fsp3) is 0.273. The van der Waals surface area contributed by atoms with Gasteiger partial charge in [-0.3, -0.25) is 9.59 Å². The summed E-state index contributed by atoms with van der Waals surface area (Å²) in [4.78, 5) is 37.1. The number of ether oxygens (including phenoxy) is 1. The van der Waals surface area contributed by atoms with Gasteiger partial charge in [-0.15, -0.1) is 0 Å². The van der Waals surface area contributed by atoms with Gasteiger partial charge in [0, 0.05) is 5.56 Å². The number of methoxy groups -OCH3 is 1. The van der Waals surface area contributed by atoms with Crippen LogP contribution in [0.2, 0.25) is 5.02 Å². The van der Waals surface area contributed by atoms with E-state index in [-0.39, 0.29) is 35.5 Å². The van der Waals surface area contributed by atoms with Crippen molar-refractivity contribution >= 4 is 35.6 Å². The van der Waals surface area contributed by atoms with Gasteiger partial charge in [0.1, 0.15) is 11.5 Å². The van der Waals surface area contributed by atoms with Crippen LogP contribution in [0.4, 0.5) is 0 Å². The van der Waals surface area contributed by atoms with E-state index in [1.54, 1.807) is 30.3 Å². The lowest BCUT2D eigenvalue weighted by molar-refractivity contribution is -0.140. The summed E-state index contributed by atoms with van der Waals surface area (Å²) in [7, 11) is 1.30. The second-order valence-corrected chi connectivity index (χ2v) is 8.03. The fourth-order valence-electron chi connectivity index (χ4n) is 4.64. The van der Waals surface area contributed by atoms with Crippen molar-refractivity contribution in [1.82, 2.24) is 5.01 Å². The summed E-state index contributed by atoms with van der Waals surface area (Å²) in [6, 6.07) is 8.05. The number of allylic oxidation sites excluding steroid dienone is 2. The Morgan fingerprint density at radius 3 is 2.53 bits per heavy atom. The highest BCUT2D eigenvalue weighted by molar-refractivity contribution is 6.33. The first kappa shape index (κ1) is 18.8. The van der Waals surface area contributed by atoms with Crippen molar-refractivity contribution in [3.05, 3.63) is 58.8 Å².